The molecule has 0 saturated carbocycles. The standard InChI is InChI=1S/C9H10ClNO/c1-6-2-3-8-9(6)7(10)4-5-11(8)12/h4-6H,2-3H2,1H3. The molecule has 1 atom stereocenters. The summed E-state index contributed by atoms with van der Waals surface area (Å²) < 4.78 is 0.935. The van der Waals surface area contributed by atoms with Crippen LogP contribution in [0.4, 0.5) is 0 Å². The monoisotopic (exact) mass is 183 g/mol. The minimum atomic E-state index is 0.439. The van der Waals surface area contributed by atoms with Gasteiger partial charge in [-0.25, -0.2) is 0 Å². The van der Waals surface area contributed by atoms with Gasteiger partial charge in [0.25, 0.3) is 0 Å². The summed E-state index contributed by atoms with van der Waals surface area (Å²) in [5, 5.41) is 12.0. The fourth-order valence-electron chi connectivity index (χ4n) is 1.83. The molecule has 0 amide bonds. The van der Waals surface area contributed by atoms with Gasteiger partial charge in [0.2, 0.25) is 0 Å². The third-order valence-electron chi connectivity index (χ3n) is 2.50. The van der Waals surface area contributed by atoms with Crippen LogP contribution in [-0.2, 0) is 6.42 Å². The van der Waals surface area contributed by atoms with Gasteiger partial charge in [0.05, 0.1) is 5.02 Å². The summed E-state index contributed by atoms with van der Waals surface area (Å²) in [5.74, 6) is 0.439. The Morgan fingerprint density at radius 3 is 3.08 bits per heavy atom. The Labute approximate surface area is 76.4 Å². The normalized spacial score (nSPS) is 21.0. The van der Waals surface area contributed by atoms with E-state index in [4.69, 9.17) is 11.6 Å². The molecule has 1 aliphatic carbocycles. The zero-order chi connectivity index (χ0) is 8.72. The molecule has 1 aromatic rings. The van der Waals surface area contributed by atoms with E-state index >= 15 is 0 Å². The molecule has 0 spiro atoms. The van der Waals surface area contributed by atoms with Crippen LogP contribution in [0, 0.1) is 5.21 Å². The lowest BCUT2D eigenvalue weighted by molar-refractivity contribution is -0.613. The summed E-state index contributed by atoms with van der Waals surface area (Å²) in [4.78, 5) is 0. The van der Waals surface area contributed by atoms with E-state index in [0.717, 1.165) is 33.9 Å². The number of hydrogen-bond donors (Lipinski definition) is 0. The number of fused-ring (bicyclic) bond motifs is 1. The number of halogens is 1. The Hall–Kier alpha value is -0.760. The van der Waals surface area contributed by atoms with Gasteiger partial charge >= 0.3 is 0 Å². The van der Waals surface area contributed by atoms with E-state index < -0.39 is 0 Å². The number of aromatic nitrogens is 1. The van der Waals surface area contributed by atoms with Crippen molar-refractivity contribution in [1.82, 2.24) is 0 Å². The van der Waals surface area contributed by atoms with Gasteiger partial charge in [0, 0.05) is 18.1 Å². The van der Waals surface area contributed by atoms with Crippen LogP contribution >= 0.6 is 11.6 Å². The van der Waals surface area contributed by atoms with Crippen LogP contribution in [0.1, 0.15) is 30.5 Å². The highest BCUT2D eigenvalue weighted by molar-refractivity contribution is 6.31. The molecule has 1 aliphatic rings. The summed E-state index contributed by atoms with van der Waals surface area (Å²) in [5.41, 5.74) is 1.91. The number of nitrogens with zero attached hydrogens (tertiary/aromatic N) is 1. The summed E-state index contributed by atoms with van der Waals surface area (Å²) in [6, 6.07) is 1.68. The first-order valence-corrected chi connectivity index (χ1v) is 4.48. The third kappa shape index (κ3) is 0.985. The SMILES string of the molecule is CC1CCc2c1c(Cl)cc[n+]2[O-]. The lowest BCUT2D eigenvalue weighted by Crippen LogP contribution is -2.31. The Morgan fingerprint density at radius 1 is 1.67 bits per heavy atom. The summed E-state index contributed by atoms with van der Waals surface area (Å²) >= 11 is 5.98. The van der Waals surface area contributed by atoms with Crippen molar-refractivity contribution in [3.05, 3.63) is 33.8 Å². The quantitative estimate of drug-likeness (QED) is 0.447. The van der Waals surface area contributed by atoms with E-state index in [1.807, 2.05) is 0 Å². The van der Waals surface area contributed by atoms with Crippen molar-refractivity contribution in [3.8, 4) is 0 Å². The van der Waals surface area contributed by atoms with E-state index in [9.17, 15) is 5.21 Å². The van der Waals surface area contributed by atoms with Gasteiger partial charge in [0.1, 0.15) is 0 Å². The van der Waals surface area contributed by atoms with E-state index in [1.54, 1.807) is 6.07 Å². The lowest BCUT2D eigenvalue weighted by atomic mass is 10.1. The summed E-state index contributed by atoms with van der Waals surface area (Å²) in [7, 11) is 0. The molecule has 0 aromatic carbocycles. The number of rotatable bonds is 0. The average Bonchev–Trinajstić information content (AvgIpc) is 2.42. The first kappa shape index (κ1) is 7.87. The van der Waals surface area contributed by atoms with Crippen LogP contribution in [0.2, 0.25) is 5.02 Å². The van der Waals surface area contributed by atoms with Gasteiger partial charge < -0.3 is 5.21 Å². The summed E-state index contributed by atoms with van der Waals surface area (Å²) in [6.45, 7) is 2.11. The van der Waals surface area contributed by atoms with E-state index in [1.165, 1.54) is 6.20 Å². The van der Waals surface area contributed by atoms with Crippen LogP contribution in [0.15, 0.2) is 12.3 Å². The molecular weight excluding hydrogens is 174 g/mol. The van der Waals surface area contributed by atoms with Gasteiger partial charge in [0.15, 0.2) is 11.9 Å². The highest BCUT2D eigenvalue weighted by atomic mass is 35.5. The van der Waals surface area contributed by atoms with Crippen molar-refractivity contribution < 1.29 is 4.73 Å². The minimum absolute atomic E-state index is 0.439. The van der Waals surface area contributed by atoms with Crippen molar-refractivity contribution in [2.24, 2.45) is 0 Å². The molecule has 0 aliphatic heterocycles. The van der Waals surface area contributed by atoms with E-state index in [0.29, 0.717) is 5.92 Å². The zero-order valence-electron chi connectivity index (χ0n) is 6.88. The van der Waals surface area contributed by atoms with Crippen LogP contribution in [0.25, 0.3) is 0 Å². The molecule has 0 fully saturated rings. The fourth-order valence-corrected chi connectivity index (χ4v) is 2.18. The van der Waals surface area contributed by atoms with E-state index in [2.05, 4.69) is 6.92 Å². The second kappa shape index (κ2) is 2.63. The van der Waals surface area contributed by atoms with Crippen molar-refractivity contribution in [3.63, 3.8) is 0 Å². The second-order valence-electron chi connectivity index (χ2n) is 3.29. The molecule has 0 N–H and O–H groups in total. The Balaban J connectivity index is 2.64. The molecule has 0 radical (unpaired) electrons. The molecule has 2 nitrogen and oxygen atoms in total. The number of pyridine rings is 1. The molecular formula is C9H10ClNO. The molecule has 0 saturated heterocycles. The number of hydrogen-bond acceptors (Lipinski definition) is 1. The minimum Gasteiger partial charge on any atom is -0.618 e. The van der Waals surface area contributed by atoms with Crippen LogP contribution < -0.4 is 4.73 Å². The fraction of sp³-hybridized carbons (Fsp3) is 0.444. The smallest absolute Gasteiger partial charge is 0.197 e. The molecule has 64 valence electrons. The topological polar surface area (TPSA) is 26.9 Å². The first-order chi connectivity index (χ1) is 5.70. The van der Waals surface area contributed by atoms with Crippen molar-refractivity contribution in [2.45, 2.75) is 25.7 Å². The largest absolute Gasteiger partial charge is 0.618 e. The summed E-state index contributed by atoms with van der Waals surface area (Å²) in [6.07, 6.45) is 3.39. The highest BCUT2D eigenvalue weighted by Crippen LogP contribution is 2.35. The molecule has 1 heterocycles. The Morgan fingerprint density at radius 2 is 2.42 bits per heavy atom. The molecule has 0 bridgehead atoms. The average molecular weight is 184 g/mol. The first-order valence-electron chi connectivity index (χ1n) is 4.10. The maximum atomic E-state index is 11.3. The zero-order valence-corrected chi connectivity index (χ0v) is 7.64. The molecule has 2 rings (SSSR count). The van der Waals surface area contributed by atoms with Gasteiger partial charge in [-0.2, -0.15) is 4.73 Å². The van der Waals surface area contributed by atoms with Crippen molar-refractivity contribution in [1.29, 1.82) is 0 Å². The molecule has 1 aromatic heterocycles. The van der Waals surface area contributed by atoms with Crippen LogP contribution in [-0.4, -0.2) is 0 Å². The molecule has 3 heteroatoms. The lowest BCUT2D eigenvalue weighted by Gasteiger charge is -2.06. The maximum Gasteiger partial charge on any atom is 0.197 e. The highest BCUT2D eigenvalue weighted by Gasteiger charge is 2.27. The third-order valence-corrected chi connectivity index (χ3v) is 2.83. The van der Waals surface area contributed by atoms with Crippen LogP contribution in [0.3, 0.4) is 0 Å². The predicted octanol–water partition coefficient (Wildman–Crippen LogP) is 2.02. The van der Waals surface area contributed by atoms with Gasteiger partial charge in [-0.05, 0) is 12.3 Å². The van der Waals surface area contributed by atoms with Crippen LogP contribution in [0.5, 0.6) is 0 Å². The Bertz CT molecular complexity index is 325. The second-order valence-corrected chi connectivity index (χ2v) is 3.70. The molecule has 1 unspecified atom stereocenters. The van der Waals surface area contributed by atoms with Gasteiger partial charge in [-0.3, -0.25) is 0 Å². The molecule has 12 heavy (non-hydrogen) atoms. The van der Waals surface area contributed by atoms with Crippen molar-refractivity contribution in [2.75, 3.05) is 0 Å². The van der Waals surface area contributed by atoms with Gasteiger partial charge in [-0.1, -0.05) is 18.5 Å². The van der Waals surface area contributed by atoms with Crippen molar-refractivity contribution >= 4 is 11.6 Å². The Kier molecular flexibility index (Phi) is 1.72. The van der Waals surface area contributed by atoms with Gasteiger partial charge in [-0.15, -0.1) is 0 Å². The van der Waals surface area contributed by atoms with E-state index in [-0.39, 0.29) is 0 Å². The maximum absolute atomic E-state index is 11.3. The predicted molar refractivity (Wildman–Crippen MR) is 47.1 cm³/mol.